The maximum atomic E-state index is 10.8. The quantitative estimate of drug-likeness (QED) is 0.122. The smallest absolute Gasteiger partial charge is 0.545 e. The molecular weight excluding hydrogens is 611 g/mol. The van der Waals surface area contributed by atoms with Crippen LogP contribution in [-0.2, 0) is 29.6 Å². The van der Waals surface area contributed by atoms with E-state index >= 15 is 0 Å². The number of carboxylic acids is 2. The van der Waals surface area contributed by atoms with Gasteiger partial charge in [0.2, 0.25) is 0 Å². The van der Waals surface area contributed by atoms with Gasteiger partial charge in [-0.1, -0.05) is 142 Å². The minimum Gasteiger partial charge on any atom is -0.545 e. The number of carboxylic acid groups (broad SMARTS) is 2. The largest absolute Gasteiger partial charge is 2.00 e. The van der Waals surface area contributed by atoms with Crippen molar-refractivity contribution in [1.82, 2.24) is 0 Å². The fraction of sp³-hybridized carbons (Fsp3) is 0.632. The Hall–Kier alpha value is -2.51. The van der Waals surface area contributed by atoms with Gasteiger partial charge in [-0.2, -0.15) is 0 Å². The number of aromatic carboxylic acids is 2. The normalized spacial score (nSPS) is 10.8. The van der Waals surface area contributed by atoms with Crippen molar-refractivity contribution in [3.05, 3.63) is 58.7 Å². The van der Waals surface area contributed by atoms with E-state index in [1.54, 1.807) is 24.3 Å². The summed E-state index contributed by atoms with van der Waals surface area (Å²) in [7, 11) is 0. The molecule has 255 valence electrons. The number of phenols is 2. The molecule has 0 unspecified atom stereocenters. The van der Waals surface area contributed by atoms with Crippen molar-refractivity contribution < 1.29 is 46.8 Å². The molecule has 2 rings (SSSR count). The average Bonchev–Trinajstić information content (AvgIpc) is 2.96. The van der Waals surface area contributed by atoms with Gasteiger partial charge in [0.1, 0.15) is 11.5 Å². The second-order valence-corrected chi connectivity index (χ2v) is 13.0. The Morgan fingerprint density at radius 3 is 1.11 bits per heavy atom. The number of hydrogen-bond acceptors (Lipinski definition) is 6. The molecule has 0 aliphatic heterocycles. The van der Waals surface area contributed by atoms with Crippen molar-refractivity contribution in [2.24, 2.45) is 11.8 Å². The van der Waals surface area contributed by atoms with E-state index in [9.17, 15) is 30.0 Å². The van der Waals surface area contributed by atoms with Crippen molar-refractivity contribution >= 4 is 11.9 Å². The van der Waals surface area contributed by atoms with Crippen LogP contribution < -0.4 is 10.2 Å². The molecular formula is C38H58CoO6. The molecule has 2 aromatic rings. The molecule has 2 aromatic carbocycles. The molecule has 0 atom stereocenters. The summed E-state index contributed by atoms with van der Waals surface area (Å²) in [6, 6.07) is 9.65. The summed E-state index contributed by atoms with van der Waals surface area (Å²) in [6.07, 6.45) is 21.2. The zero-order chi connectivity index (χ0) is 32.7. The third-order valence-corrected chi connectivity index (χ3v) is 8.13. The Morgan fingerprint density at radius 1 is 0.533 bits per heavy atom. The molecule has 0 saturated heterocycles. The number of aromatic hydroxyl groups is 2. The van der Waals surface area contributed by atoms with Gasteiger partial charge in [0.15, 0.2) is 0 Å². The van der Waals surface area contributed by atoms with E-state index in [4.69, 9.17) is 0 Å². The number of para-hydroxylation sites is 2. The number of rotatable bonds is 22. The van der Waals surface area contributed by atoms with E-state index in [-0.39, 0.29) is 39.4 Å². The predicted molar refractivity (Wildman–Crippen MR) is 176 cm³/mol. The first kappa shape index (κ1) is 42.5. The first-order valence-electron chi connectivity index (χ1n) is 17.1. The van der Waals surface area contributed by atoms with E-state index < -0.39 is 11.9 Å². The van der Waals surface area contributed by atoms with E-state index in [1.807, 2.05) is 0 Å². The number of carbonyl (C=O) groups excluding carboxylic acids is 2. The maximum absolute atomic E-state index is 10.8. The summed E-state index contributed by atoms with van der Waals surface area (Å²) >= 11 is 0. The molecule has 1 radical (unpaired) electrons. The van der Waals surface area contributed by atoms with Gasteiger partial charge >= 0.3 is 16.8 Å². The fourth-order valence-corrected chi connectivity index (χ4v) is 5.42. The van der Waals surface area contributed by atoms with E-state index in [2.05, 4.69) is 27.7 Å². The van der Waals surface area contributed by atoms with Crippen LogP contribution in [0.3, 0.4) is 0 Å². The Bertz CT molecular complexity index is 996. The Morgan fingerprint density at radius 2 is 0.822 bits per heavy atom. The minimum atomic E-state index is -1.32. The predicted octanol–water partition coefficient (Wildman–Crippen LogP) is 8.15. The van der Waals surface area contributed by atoms with E-state index in [0.717, 1.165) is 50.4 Å². The standard InChI is InChI=1S/2C19H30O3.Co/c2*1-15(2)11-8-6-4-3-5-7-9-12-16-13-10-14-17(18(16)20)19(21)22;/h2*10,13-15,20H,3-9,11-12H2,1-2H3,(H,21,22);/q;;+2/p-2. The van der Waals surface area contributed by atoms with Gasteiger partial charge in [0, 0.05) is 11.1 Å². The van der Waals surface area contributed by atoms with Crippen LogP contribution in [0.5, 0.6) is 11.5 Å². The molecule has 0 saturated carbocycles. The molecule has 0 aliphatic carbocycles. The Labute approximate surface area is 283 Å². The van der Waals surface area contributed by atoms with Gasteiger partial charge < -0.3 is 30.0 Å². The number of hydrogen-bond donors (Lipinski definition) is 2. The second-order valence-electron chi connectivity index (χ2n) is 13.0. The summed E-state index contributed by atoms with van der Waals surface area (Å²) < 4.78 is 0. The van der Waals surface area contributed by atoms with E-state index in [0.29, 0.717) is 11.1 Å². The van der Waals surface area contributed by atoms with Gasteiger partial charge in [-0.05, 0) is 60.8 Å². The van der Waals surface area contributed by atoms with Gasteiger partial charge in [-0.25, -0.2) is 0 Å². The van der Waals surface area contributed by atoms with Crippen molar-refractivity contribution in [2.75, 3.05) is 0 Å². The van der Waals surface area contributed by atoms with Crippen LogP contribution in [-0.4, -0.2) is 22.2 Å². The summed E-state index contributed by atoms with van der Waals surface area (Å²) in [5.41, 5.74) is 1.20. The summed E-state index contributed by atoms with van der Waals surface area (Å²) in [5, 5.41) is 41.5. The SMILES string of the molecule is CC(C)CCCCCCCCCc1cccc(C(=O)[O-])c1O.CC(C)CCCCCCCCCc1cccc(C(=O)[O-])c1O.[Co+2]. The molecule has 7 heteroatoms. The summed E-state index contributed by atoms with van der Waals surface area (Å²) in [4.78, 5) is 21.7. The Balaban J connectivity index is 0.000000842. The molecule has 2 N–H and O–H groups in total. The van der Waals surface area contributed by atoms with Gasteiger partial charge in [0.05, 0.1) is 11.9 Å². The molecule has 6 nitrogen and oxygen atoms in total. The van der Waals surface area contributed by atoms with Crippen LogP contribution >= 0.6 is 0 Å². The zero-order valence-electron chi connectivity index (χ0n) is 28.2. The molecule has 0 bridgehead atoms. The monoisotopic (exact) mass is 669 g/mol. The van der Waals surface area contributed by atoms with Crippen LogP contribution in [0.2, 0.25) is 0 Å². The molecule has 0 aliphatic rings. The van der Waals surface area contributed by atoms with Gasteiger partial charge in [-0.15, -0.1) is 0 Å². The maximum Gasteiger partial charge on any atom is 2.00 e. The number of benzene rings is 2. The number of aryl methyl sites for hydroxylation is 2. The first-order chi connectivity index (χ1) is 21.0. The van der Waals surface area contributed by atoms with Crippen molar-refractivity contribution in [2.45, 2.75) is 143 Å². The van der Waals surface area contributed by atoms with Crippen molar-refractivity contribution in [3.63, 3.8) is 0 Å². The number of carbonyl (C=O) groups is 2. The van der Waals surface area contributed by atoms with Crippen molar-refractivity contribution in [1.29, 1.82) is 0 Å². The Kier molecular flexibility index (Phi) is 24.2. The van der Waals surface area contributed by atoms with Gasteiger partial charge in [0.25, 0.3) is 0 Å². The molecule has 0 amide bonds. The topological polar surface area (TPSA) is 121 Å². The van der Waals surface area contributed by atoms with Crippen LogP contribution in [0.15, 0.2) is 36.4 Å². The molecule has 0 heterocycles. The van der Waals surface area contributed by atoms with Crippen molar-refractivity contribution in [3.8, 4) is 11.5 Å². The number of unbranched alkanes of at least 4 members (excludes halogenated alkanes) is 12. The second kappa shape index (κ2) is 25.7. The minimum absolute atomic E-state index is 0. The zero-order valence-corrected chi connectivity index (χ0v) is 29.2. The fourth-order valence-electron chi connectivity index (χ4n) is 5.42. The summed E-state index contributed by atoms with van der Waals surface area (Å²) in [5.74, 6) is -1.28. The van der Waals surface area contributed by atoms with Crippen LogP contribution in [0.25, 0.3) is 0 Å². The first-order valence-corrected chi connectivity index (χ1v) is 17.1. The average molecular weight is 670 g/mol. The van der Waals surface area contributed by atoms with Crippen LogP contribution in [0.1, 0.15) is 162 Å². The molecule has 0 fully saturated rings. The third kappa shape index (κ3) is 19.6. The van der Waals surface area contributed by atoms with Crippen LogP contribution in [0.4, 0.5) is 0 Å². The van der Waals surface area contributed by atoms with Gasteiger partial charge in [-0.3, -0.25) is 0 Å². The van der Waals surface area contributed by atoms with Crippen LogP contribution in [0, 0.1) is 11.8 Å². The molecule has 0 spiro atoms. The van der Waals surface area contributed by atoms with E-state index in [1.165, 1.54) is 89.2 Å². The molecule has 0 aromatic heterocycles. The third-order valence-electron chi connectivity index (χ3n) is 8.13. The summed E-state index contributed by atoms with van der Waals surface area (Å²) in [6.45, 7) is 9.07. The molecule has 45 heavy (non-hydrogen) atoms.